The molecular formula is C15H23N3. The molecule has 1 aliphatic heterocycles. The van der Waals surface area contributed by atoms with Crippen LogP contribution in [-0.2, 0) is 6.42 Å². The Morgan fingerprint density at radius 1 is 1.39 bits per heavy atom. The highest BCUT2D eigenvalue weighted by Crippen LogP contribution is 2.14. The molecule has 0 aromatic heterocycles. The van der Waals surface area contributed by atoms with Crippen molar-refractivity contribution in [3.63, 3.8) is 0 Å². The zero-order valence-electron chi connectivity index (χ0n) is 11.2. The molecule has 1 aliphatic rings. The van der Waals surface area contributed by atoms with Crippen LogP contribution in [0, 0.1) is 5.92 Å². The third-order valence-corrected chi connectivity index (χ3v) is 3.50. The smallest absolute Gasteiger partial charge is 0.191 e. The number of hydrogen-bond donors (Lipinski definition) is 1. The molecule has 1 atom stereocenters. The summed E-state index contributed by atoms with van der Waals surface area (Å²) in [6.45, 7) is 5.18. The number of nitrogens with two attached hydrogens (primary N) is 1. The first kappa shape index (κ1) is 12.9. The van der Waals surface area contributed by atoms with Gasteiger partial charge in [0.05, 0.1) is 0 Å². The fourth-order valence-electron chi connectivity index (χ4n) is 2.44. The summed E-state index contributed by atoms with van der Waals surface area (Å²) in [5, 5.41) is 0. The molecule has 0 amide bonds. The Morgan fingerprint density at radius 3 is 2.89 bits per heavy atom. The lowest BCUT2D eigenvalue weighted by Gasteiger charge is -2.31. The first-order chi connectivity index (χ1) is 8.75. The van der Waals surface area contributed by atoms with Gasteiger partial charge in [0.15, 0.2) is 5.96 Å². The quantitative estimate of drug-likeness (QED) is 0.655. The molecule has 0 aliphatic carbocycles. The van der Waals surface area contributed by atoms with Crippen molar-refractivity contribution in [1.82, 2.24) is 4.90 Å². The minimum absolute atomic E-state index is 0.720. The fraction of sp³-hybridized carbons (Fsp3) is 0.533. The van der Waals surface area contributed by atoms with Crippen molar-refractivity contribution in [2.24, 2.45) is 16.6 Å². The summed E-state index contributed by atoms with van der Waals surface area (Å²) in [6.07, 6.45) is 3.51. The maximum absolute atomic E-state index is 6.05. The van der Waals surface area contributed by atoms with Gasteiger partial charge in [0.25, 0.3) is 0 Å². The highest BCUT2D eigenvalue weighted by atomic mass is 15.3. The molecule has 3 nitrogen and oxygen atoms in total. The van der Waals surface area contributed by atoms with Crippen LogP contribution >= 0.6 is 0 Å². The molecule has 0 saturated carbocycles. The zero-order valence-corrected chi connectivity index (χ0v) is 11.2. The second kappa shape index (κ2) is 6.43. The van der Waals surface area contributed by atoms with Gasteiger partial charge in [0.1, 0.15) is 0 Å². The molecule has 0 spiro atoms. The van der Waals surface area contributed by atoms with E-state index >= 15 is 0 Å². The van der Waals surface area contributed by atoms with Crippen molar-refractivity contribution in [2.45, 2.75) is 26.2 Å². The molecule has 3 heteroatoms. The molecule has 1 aromatic rings. The number of likely N-dealkylation sites (tertiary alicyclic amines) is 1. The monoisotopic (exact) mass is 245 g/mol. The Labute approximate surface area is 110 Å². The maximum Gasteiger partial charge on any atom is 0.191 e. The van der Waals surface area contributed by atoms with E-state index in [0.717, 1.165) is 37.9 Å². The third-order valence-electron chi connectivity index (χ3n) is 3.50. The number of hydrogen-bond acceptors (Lipinski definition) is 1. The van der Waals surface area contributed by atoms with Crippen LogP contribution < -0.4 is 5.73 Å². The van der Waals surface area contributed by atoms with Gasteiger partial charge in [-0.2, -0.15) is 0 Å². The number of benzene rings is 1. The predicted octanol–water partition coefficient (Wildman–Crippen LogP) is 2.28. The summed E-state index contributed by atoms with van der Waals surface area (Å²) in [5.41, 5.74) is 7.37. The van der Waals surface area contributed by atoms with Gasteiger partial charge >= 0.3 is 0 Å². The Kier molecular flexibility index (Phi) is 4.62. The number of aliphatic imine (C=N–C) groups is 1. The molecule has 2 rings (SSSR count). The average Bonchev–Trinajstić information content (AvgIpc) is 2.40. The van der Waals surface area contributed by atoms with Crippen LogP contribution in [0.3, 0.4) is 0 Å². The van der Waals surface area contributed by atoms with Crippen molar-refractivity contribution < 1.29 is 0 Å². The fourth-order valence-corrected chi connectivity index (χ4v) is 2.44. The van der Waals surface area contributed by atoms with Crippen molar-refractivity contribution in [2.75, 3.05) is 19.6 Å². The number of nitrogens with zero attached hydrogens (tertiary/aromatic N) is 2. The maximum atomic E-state index is 6.05. The highest BCUT2D eigenvalue weighted by Gasteiger charge is 2.17. The molecular weight excluding hydrogens is 222 g/mol. The SMILES string of the molecule is CC1CCCN(C(N)=NCCc2ccccc2)C1. The van der Waals surface area contributed by atoms with Crippen molar-refractivity contribution in [3.05, 3.63) is 35.9 Å². The lowest BCUT2D eigenvalue weighted by molar-refractivity contribution is 0.270. The Balaban J connectivity index is 1.81. The minimum Gasteiger partial charge on any atom is -0.370 e. The van der Waals surface area contributed by atoms with E-state index in [1.807, 2.05) is 6.07 Å². The van der Waals surface area contributed by atoms with Gasteiger partial charge in [0, 0.05) is 19.6 Å². The molecule has 1 unspecified atom stereocenters. The second-order valence-corrected chi connectivity index (χ2v) is 5.17. The number of piperidine rings is 1. The Morgan fingerprint density at radius 2 is 2.17 bits per heavy atom. The Hall–Kier alpha value is -1.51. The van der Waals surface area contributed by atoms with Crippen LogP contribution in [0.15, 0.2) is 35.3 Å². The van der Waals surface area contributed by atoms with Gasteiger partial charge in [0.2, 0.25) is 0 Å². The Bertz CT molecular complexity index is 386. The summed E-state index contributed by atoms with van der Waals surface area (Å²) in [5.74, 6) is 1.46. The van der Waals surface area contributed by atoms with E-state index in [0.29, 0.717) is 0 Å². The molecule has 1 saturated heterocycles. The van der Waals surface area contributed by atoms with Crippen LogP contribution in [-0.4, -0.2) is 30.5 Å². The molecule has 0 radical (unpaired) electrons. The van der Waals surface area contributed by atoms with Gasteiger partial charge in [-0.25, -0.2) is 0 Å². The van der Waals surface area contributed by atoms with E-state index in [2.05, 4.69) is 41.1 Å². The second-order valence-electron chi connectivity index (χ2n) is 5.17. The van der Waals surface area contributed by atoms with Crippen LogP contribution in [0.5, 0.6) is 0 Å². The standard InChI is InChI=1S/C15H23N3/c1-13-6-5-11-18(12-13)15(16)17-10-9-14-7-3-2-4-8-14/h2-4,7-8,13H,5-6,9-12H2,1H3,(H2,16,17). The zero-order chi connectivity index (χ0) is 12.8. The van der Waals surface area contributed by atoms with Crippen LogP contribution in [0.1, 0.15) is 25.3 Å². The van der Waals surface area contributed by atoms with Crippen molar-refractivity contribution in [1.29, 1.82) is 0 Å². The molecule has 1 heterocycles. The molecule has 98 valence electrons. The van der Waals surface area contributed by atoms with Crippen LogP contribution in [0.2, 0.25) is 0 Å². The van der Waals surface area contributed by atoms with Crippen LogP contribution in [0.25, 0.3) is 0 Å². The van der Waals surface area contributed by atoms with Gasteiger partial charge < -0.3 is 10.6 Å². The van der Waals surface area contributed by atoms with E-state index in [1.54, 1.807) is 0 Å². The van der Waals surface area contributed by atoms with E-state index in [9.17, 15) is 0 Å². The van der Waals surface area contributed by atoms with Gasteiger partial charge in [-0.05, 0) is 30.7 Å². The summed E-state index contributed by atoms with van der Waals surface area (Å²) in [7, 11) is 0. The summed E-state index contributed by atoms with van der Waals surface area (Å²) >= 11 is 0. The first-order valence-electron chi connectivity index (χ1n) is 6.84. The largest absolute Gasteiger partial charge is 0.370 e. The van der Waals surface area contributed by atoms with Crippen LogP contribution in [0.4, 0.5) is 0 Å². The molecule has 1 fully saturated rings. The predicted molar refractivity (Wildman–Crippen MR) is 76.6 cm³/mol. The molecule has 2 N–H and O–H groups in total. The van der Waals surface area contributed by atoms with Gasteiger partial charge in [-0.15, -0.1) is 0 Å². The first-order valence-corrected chi connectivity index (χ1v) is 6.84. The molecule has 1 aromatic carbocycles. The minimum atomic E-state index is 0.720. The van der Waals surface area contributed by atoms with E-state index in [1.165, 1.54) is 18.4 Å². The summed E-state index contributed by atoms with van der Waals surface area (Å²) in [6, 6.07) is 10.4. The van der Waals surface area contributed by atoms with Crippen molar-refractivity contribution in [3.8, 4) is 0 Å². The number of rotatable bonds is 3. The summed E-state index contributed by atoms with van der Waals surface area (Å²) in [4.78, 5) is 6.72. The van der Waals surface area contributed by atoms with Crippen molar-refractivity contribution >= 4 is 5.96 Å². The summed E-state index contributed by atoms with van der Waals surface area (Å²) < 4.78 is 0. The van der Waals surface area contributed by atoms with Gasteiger partial charge in [-0.1, -0.05) is 37.3 Å². The average molecular weight is 245 g/mol. The normalized spacial score (nSPS) is 21.1. The lowest BCUT2D eigenvalue weighted by Crippen LogP contribution is -2.43. The molecule has 0 bridgehead atoms. The van der Waals surface area contributed by atoms with E-state index < -0.39 is 0 Å². The van der Waals surface area contributed by atoms with E-state index in [4.69, 9.17) is 5.73 Å². The molecule has 18 heavy (non-hydrogen) atoms. The number of guanidine groups is 1. The third kappa shape index (κ3) is 3.76. The highest BCUT2D eigenvalue weighted by molar-refractivity contribution is 5.78. The van der Waals surface area contributed by atoms with Gasteiger partial charge in [-0.3, -0.25) is 4.99 Å². The topological polar surface area (TPSA) is 41.6 Å². The lowest BCUT2D eigenvalue weighted by atomic mass is 10.0. The van der Waals surface area contributed by atoms with E-state index in [-0.39, 0.29) is 0 Å².